The van der Waals surface area contributed by atoms with Gasteiger partial charge in [-0.1, -0.05) is 6.92 Å². The summed E-state index contributed by atoms with van der Waals surface area (Å²) in [6.45, 7) is 5.87. The van der Waals surface area contributed by atoms with Crippen LogP contribution >= 0.6 is 0 Å². The molecule has 4 nitrogen and oxygen atoms in total. The van der Waals surface area contributed by atoms with Crippen molar-refractivity contribution in [1.29, 1.82) is 0 Å². The van der Waals surface area contributed by atoms with Gasteiger partial charge in [0.05, 0.1) is 6.61 Å². The average Bonchev–Trinajstić information content (AvgIpc) is 2.86. The topological polar surface area (TPSA) is 64.3 Å². The highest BCUT2D eigenvalue weighted by molar-refractivity contribution is 5.79. The molecule has 1 amide bonds. The molecule has 4 heteroatoms. The van der Waals surface area contributed by atoms with Crippen LogP contribution in [-0.4, -0.2) is 31.2 Å². The first-order valence-electron chi connectivity index (χ1n) is 7.21. The SMILES string of the molecule is CC1CCC(C(=O)NC(C)C2CCOC2)CC1N. The predicted molar refractivity (Wildman–Crippen MR) is 71.0 cm³/mol. The molecule has 5 unspecified atom stereocenters. The van der Waals surface area contributed by atoms with Crippen LogP contribution in [0.15, 0.2) is 0 Å². The summed E-state index contributed by atoms with van der Waals surface area (Å²) in [5.41, 5.74) is 6.06. The maximum absolute atomic E-state index is 12.2. The molecule has 0 spiro atoms. The Morgan fingerprint density at radius 3 is 2.78 bits per heavy atom. The van der Waals surface area contributed by atoms with Gasteiger partial charge in [0.25, 0.3) is 0 Å². The van der Waals surface area contributed by atoms with E-state index in [4.69, 9.17) is 10.5 Å². The zero-order valence-corrected chi connectivity index (χ0v) is 11.5. The first kappa shape index (κ1) is 13.8. The third-order valence-corrected chi connectivity index (χ3v) is 4.67. The van der Waals surface area contributed by atoms with Crippen molar-refractivity contribution in [3.8, 4) is 0 Å². The molecule has 1 aliphatic carbocycles. The molecule has 5 atom stereocenters. The van der Waals surface area contributed by atoms with Gasteiger partial charge in [-0.05, 0) is 38.5 Å². The second-order valence-electron chi connectivity index (χ2n) is 6.07. The van der Waals surface area contributed by atoms with Crippen molar-refractivity contribution in [2.45, 2.75) is 51.6 Å². The molecule has 0 bridgehead atoms. The zero-order valence-electron chi connectivity index (χ0n) is 11.5. The number of amides is 1. The summed E-state index contributed by atoms with van der Waals surface area (Å²) in [5.74, 6) is 1.33. The number of rotatable bonds is 3. The van der Waals surface area contributed by atoms with Crippen molar-refractivity contribution < 1.29 is 9.53 Å². The first-order chi connectivity index (χ1) is 8.58. The lowest BCUT2D eigenvalue weighted by atomic mass is 9.79. The highest BCUT2D eigenvalue weighted by Crippen LogP contribution is 2.28. The standard InChI is InChI=1S/C14H26N2O2/c1-9-3-4-11(7-13(9)15)14(17)16-10(2)12-5-6-18-8-12/h9-13H,3-8,15H2,1-2H3,(H,16,17). The minimum atomic E-state index is 0.112. The van der Waals surface area contributed by atoms with Crippen LogP contribution in [0.3, 0.4) is 0 Å². The molecule has 1 saturated heterocycles. The summed E-state index contributed by atoms with van der Waals surface area (Å²) in [6, 6.07) is 0.398. The van der Waals surface area contributed by atoms with Gasteiger partial charge in [0.1, 0.15) is 0 Å². The van der Waals surface area contributed by atoms with Gasteiger partial charge in [-0.25, -0.2) is 0 Å². The van der Waals surface area contributed by atoms with E-state index in [-0.39, 0.29) is 23.9 Å². The molecule has 1 aliphatic heterocycles. The summed E-state index contributed by atoms with van der Waals surface area (Å²) in [4.78, 5) is 12.2. The molecular weight excluding hydrogens is 228 g/mol. The van der Waals surface area contributed by atoms with Crippen LogP contribution in [-0.2, 0) is 9.53 Å². The number of nitrogens with one attached hydrogen (secondary N) is 1. The second kappa shape index (κ2) is 6.02. The Balaban J connectivity index is 1.80. The lowest BCUT2D eigenvalue weighted by molar-refractivity contribution is -0.127. The van der Waals surface area contributed by atoms with Crippen molar-refractivity contribution in [1.82, 2.24) is 5.32 Å². The molecule has 104 valence electrons. The normalized spacial score (nSPS) is 38.4. The quantitative estimate of drug-likeness (QED) is 0.797. The molecule has 2 aliphatic rings. The van der Waals surface area contributed by atoms with Gasteiger partial charge in [-0.2, -0.15) is 0 Å². The lowest BCUT2D eigenvalue weighted by Gasteiger charge is -2.32. The van der Waals surface area contributed by atoms with Crippen molar-refractivity contribution in [3.63, 3.8) is 0 Å². The van der Waals surface area contributed by atoms with E-state index in [2.05, 4.69) is 19.2 Å². The molecule has 0 radical (unpaired) electrons. The number of hydrogen-bond acceptors (Lipinski definition) is 3. The maximum atomic E-state index is 12.2. The smallest absolute Gasteiger partial charge is 0.223 e. The van der Waals surface area contributed by atoms with E-state index in [0.29, 0.717) is 11.8 Å². The number of hydrogen-bond donors (Lipinski definition) is 2. The number of ether oxygens (including phenoxy) is 1. The summed E-state index contributed by atoms with van der Waals surface area (Å²) >= 11 is 0. The number of carbonyl (C=O) groups excluding carboxylic acids is 1. The van der Waals surface area contributed by atoms with Crippen LogP contribution in [0.4, 0.5) is 0 Å². The van der Waals surface area contributed by atoms with Crippen molar-refractivity contribution in [2.75, 3.05) is 13.2 Å². The van der Waals surface area contributed by atoms with E-state index in [1.807, 2.05) is 0 Å². The van der Waals surface area contributed by atoms with E-state index < -0.39 is 0 Å². The molecule has 1 saturated carbocycles. The van der Waals surface area contributed by atoms with E-state index in [1.165, 1.54) is 0 Å². The third-order valence-electron chi connectivity index (χ3n) is 4.67. The van der Waals surface area contributed by atoms with Crippen LogP contribution < -0.4 is 11.1 Å². The van der Waals surface area contributed by atoms with E-state index in [0.717, 1.165) is 38.9 Å². The van der Waals surface area contributed by atoms with Gasteiger partial charge in [-0.3, -0.25) is 4.79 Å². The number of nitrogens with two attached hydrogens (primary N) is 1. The molecule has 3 N–H and O–H groups in total. The fraction of sp³-hybridized carbons (Fsp3) is 0.929. The molecular formula is C14H26N2O2. The van der Waals surface area contributed by atoms with Crippen molar-refractivity contribution in [3.05, 3.63) is 0 Å². The maximum Gasteiger partial charge on any atom is 0.223 e. The molecule has 2 fully saturated rings. The Labute approximate surface area is 110 Å². The molecule has 0 aromatic rings. The minimum absolute atomic E-state index is 0.112. The molecule has 18 heavy (non-hydrogen) atoms. The van der Waals surface area contributed by atoms with E-state index >= 15 is 0 Å². The largest absolute Gasteiger partial charge is 0.381 e. The summed E-state index contributed by atoms with van der Waals surface area (Å²) in [7, 11) is 0. The monoisotopic (exact) mass is 254 g/mol. The van der Waals surface area contributed by atoms with Crippen molar-refractivity contribution >= 4 is 5.91 Å². The van der Waals surface area contributed by atoms with Crippen LogP contribution in [0.1, 0.15) is 39.5 Å². The zero-order chi connectivity index (χ0) is 13.1. The van der Waals surface area contributed by atoms with Crippen LogP contribution in [0.2, 0.25) is 0 Å². The second-order valence-corrected chi connectivity index (χ2v) is 6.07. The summed E-state index contributed by atoms with van der Waals surface area (Å²) in [6.07, 6.45) is 3.94. The first-order valence-corrected chi connectivity index (χ1v) is 7.21. The Hall–Kier alpha value is -0.610. The van der Waals surface area contributed by atoms with Gasteiger partial charge in [0.15, 0.2) is 0 Å². The summed E-state index contributed by atoms with van der Waals surface area (Å²) in [5, 5.41) is 3.15. The Morgan fingerprint density at radius 2 is 2.17 bits per heavy atom. The highest BCUT2D eigenvalue weighted by Gasteiger charge is 2.31. The molecule has 1 heterocycles. The summed E-state index contributed by atoms with van der Waals surface area (Å²) < 4.78 is 5.37. The predicted octanol–water partition coefficient (Wildman–Crippen LogP) is 1.29. The minimum Gasteiger partial charge on any atom is -0.381 e. The Morgan fingerprint density at radius 1 is 1.39 bits per heavy atom. The molecule has 0 aromatic heterocycles. The van der Waals surface area contributed by atoms with Gasteiger partial charge < -0.3 is 15.8 Å². The van der Waals surface area contributed by atoms with Gasteiger partial charge in [0, 0.05) is 30.5 Å². The molecule has 2 rings (SSSR count). The average molecular weight is 254 g/mol. The van der Waals surface area contributed by atoms with Crippen LogP contribution in [0.5, 0.6) is 0 Å². The molecule has 0 aromatic carbocycles. The Bertz CT molecular complexity index is 290. The van der Waals surface area contributed by atoms with E-state index in [9.17, 15) is 4.79 Å². The van der Waals surface area contributed by atoms with Gasteiger partial charge in [-0.15, -0.1) is 0 Å². The van der Waals surface area contributed by atoms with E-state index in [1.54, 1.807) is 0 Å². The lowest BCUT2D eigenvalue weighted by Crippen LogP contribution is -2.45. The van der Waals surface area contributed by atoms with Crippen molar-refractivity contribution in [2.24, 2.45) is 23.5 Å². The Kier molecular flexibility index (Phi) is 4.62. The fourth-order valence-electron chi connectivity index (χ4n) is 3.00. The number of carbonyl (C=O) groups is 1. The third kappa shape index (κ3) is 3.23. The fourth-order valence-corrected chi connectivity index (χ4v) is 3.00. The van der Waals surface area contributed by atoms with Gasteiger partial charge in [0.2, 0.25) is 5.91 Å². The highest BCUT2D eigenvalue weighted by atomic mass is 16.5. The van der Waals surface area contributed by atoms with Crippen LogP contribution in [0.25, 0.3) is 0 Å². The van der Waals surface area contributed by atoms with Gasteiger partial charge >= 0.3 is 0 Å². The van der Waals surface area contributed by atoms with Crippen LogP contribution in [0, 0.1) is 17.8 Å².